The first-order valence-electron chi connectivity index (χ1n) is 7.84. The van der Waals surface area contributed by atoms with Gasteiger partial charge in [0.2, 0.25) is 17.7 Å². The zero-order valence-corrected chi connectivity index (χ0v) is 13.6. The Hall–Kier alpha value is -2.37. The van der Waals surface area contributed by atoms with Crippen LogP contribution in [0.25, 0.3) is 0 Å². The summed E-state index contributed by atoms with van der Waals surface area (Å²) in [6.07, 6.45) is 0.963. The van der Waals surface area contributed by atoms with Crippen LogP contribution in [-0.2, 0) is 20.8 Å². The van der Waals surface area contributed by atoms with Crippen molar-refractivity contribution < 1.29 is 14.4 Å². The van der Waals surface area contributed by atoms with E-state index in [0.717, 1.165) is 11.1 Å². The molecule has 0 saturated carbocycles. The fraction of sp³-hybridized carbons (Fsp3) is 0.471. The van der Waals surface area contributed by atoms with E-state index in [1.165, 1.54) is 6.92 Å². The van der Waals surface area contributed by atoms with Crippen LogP contribution in [0.4, 0.5) is 0 Å². The minimum atomic E-state index is -0.421. The molecule has 0 aliphatic carbocycles. The monoisotopic (exact) mass is 317 g/mol. The molecule has 0 radical (unpaired) electrons. The number of hydrogen-bond donors (Lipinski definition) is 2. The molecule has 1 aliphatic rings. The maximum absolute atomic E-state index is 12.1. The van der Waals surface area contributed by atoms with Gasteiger partial charge >= 0.3 is 0 Å². The molecular formula is C17H23N3O3. The Morgan fingerprint density at radius 3 is 2.74 bits per heavy atom. The van der Waals surface area contributed by atoms with Crippen molar-refractivity contribution in [2.45, 2.75) is 32.7 Å². The van der Waals surface area contributed by atoms with E-state index in [-0.39, 0.29) is 17.7 Å². The third kappa shape index (κ3) is 4.81. The van der Waals surface area contributed by atoms with Crippen molar-refractivity contribution in [1.29, 1.82) is 0 Å². The average Bonchev–Trinajstić information content (AvgIpc) is 2.82. The molecule has 6 heteroatoms. The molecule has 23 heavy (non-hydrogen) atoms. The van der Waals surface area contributed by atoms with Crippen molar-refractivity contribution in [3.05, 3.63) is 35.4 Å². The molecule has 0 aromatic heterocycles. The molecule has 0 spiro atoms. The molecule has 2 N–H and O–H groups in total. The van der Waals surface area contributed by atoms with Gasteiger partial charge in [-0.25, -0.2) is 0 Å². The Bertz CT molecular complexity index is 601. The zero-order chi connectivity index (χ0) is 16.8. The lowest BCUT2D eigenvalue weighted by Gasteiger charge is -2.17. The molecule has 1 atom stereocenters. The summed E-state index contributed by atoms with van der Waals surface area (Å²) in [5.74, 6) is -0.325. The maximum atomic E-state index is 12.1. The predicted molar refractivity (Wildman–Crippen MR) is 86.7 cm³/mol. The largest absolute Gasteiger partial charge is 0.354 e. The molecule has 0 bridgehead atoms. The topological polar surface area (TPSA) is 78.5 Å². The number of amides is 3. The first-order valence-corrected chi connectivity index (χ1v) is 7.84. The zero-order valence-electron chi connectivity index (χ0n) is 13.6. The van der Waals surface area contributed by atoms with Crippen molar-refractivity contribution in [2.75, 3.05) is 19.6 Å². The number of benzene rings is 1. The highest BCUT2D eigenvalue weighted by Gasteiger charge is 2.31. The van der Waals surface area contributed by atoms with Gasteiger partial charge in [0.15, 0.2) is 0 Å². The summed E-state index contributed by atoms with van der Waals surface area (Å²) >= 11 is 0. The molecule has 1 aromatic carbocycles. The number of hydrogen-bond acceptors (Lipinski definition) is 3. The number of carbonyl (C=O) groups is 3. The Balaban J connectivity index is 1.73. The van der Waals surface area contributed by atoms with E-state index < -0.39 is 6.04 Å². The van der Waals surface area contributed by atoms with Crippen LogP contribution in [0.1, 0.15) is 24.5 Å². The van der Waals surface area contributed by atoms with Crippen LogP contribution in [0.5, 0.6) is 0 Å². The number of likely N-dealkylation sites (tertiary alicyclic amines) is 1. The Kier molecular flexibility index (Phi) is 5.73. The van der Waals surface area contributed by atoms with Gasteiger partial charge in [0.05, 0.1) is 6.42 Å². The maximum Gasteiger partial charge on any atom is 0.245 e. The van der Waals surface area contributed by atoms with Crippen LogP contribution < -0.4 is 10.6 Å². The second-order valence-corrected chi connectivity index (χ2v) is 5.82. The van der Waals surface area contributed by atoms with E-state index in [2.05, 4.69) is 10.6 Å². The number of carbonyl (C=O) groups excluding carboxylic acids is 3. The van der Waals surface area contributed by atoms with E-state index in [0.29, 0.717) is 32.5 Å². The number of nitrogens with one attached hydrogen (secondary N) is 2. The highest BCUT2D eigenvalue weighted by molar-refractivity contribution is 5.88. The van der Waals surface area contributed by atoms with Crippen LogP contribution in [0.2, 0.25) is 0 Å². The van der Waals surface area contributed by atoms with Crippen LogP contribution in [0.15, 0.2) is 24.3 Å². The second kappa shape index (κ2) is 7.76. The number of aryl methyl sites for hydroxylation is 1. The fourth-order valence-corrected chi connectivity index (χ4v) is 2.71. The van der Waals surface area contributed by atoms with Crippen molar-refractivity contribution in [3.63, 3.8) is 0 Å². The smallest absolute Gasteiger partial charge is 0.245 e. The van der Waals surface area contributed by atoms with Crippen LogP contribution in [-0.4, -0.2) is 48.3 Å². The van der Waals surface area contributed by atoms with Gasteiger partial charge in [0, 0.05) is 26.6 Å². The van der Waals surface area contributed by atoms with Crippen molar-refractivity contribution in [1.82, 2.24) is 15.5 Å². The Morgan fingerprint density at radius 1 is 1.30 bits per heavy atom. The van der Waals surface area contributed by atoms with Crippen LogP contribution >= 0.6 is 0 Å². The van der Waals surface area contributed by atoms with Gasteiger partial charge in [-0.3, -0.25) is 14.4 Å². The number of nitrogens with zero attached hydrogens (tertiary/aromatic N) is 1. The molecule has 1 heterocycles. The Labute approximate surface area is 136 Å². The van der Waals surface area contributed by atoms with Crippen molar-refractivity contribution >= 4 is 17.7 Å². The quantitative estimate of drug-likeness (QED) is 0.797. The molecule has 1 fully saturated rings. The molecule has 6 nitrogen and oxygen atoms in total. The molecule has 1 saturated heterocycles. The van der Waals surface area contributed by atoms with Gasteiger partial charge in [-0.1, -0.05) is 24.3 Å². The molecular weight excluding hydrogens is 294 g/mol. The first-order chi connectivity index (χ1) is 11.0. The normalized spacial score (nSPS) is 17.2. The number of rotatable bonds is 6. The first kappa shape index (κ1) is 17.0. The van der Waals surface area contributed by atoms with Gasteiger partial charge < -0.3 is 15.5 Å². The molecule has 3 amide bonds. The van der Waals surface area contributed by atoms with Gasteiger partial charge in [0.25, 0.3) is 0 Å². The SMILES string of the molecule is CC(=O)NC1CCN(CCNC(=O)Cc2ccccc2C)C1=O. The third-order valence-electron chi connectivity index (χ3n) is 3.99. The summed E-state index contributed by atoms with van der Waals surface area (Å²) in [5, 5.41) is 5.48. The molecule has 1 unspecified atom stereocenters. The van der Waals surface area contributed by atoms with Gasteiger partial charge in [-0.2, -0.15) is 0 Å². The standard InChI is InChI=1S/C17H23N3O3/c1-12-5-3-4-6-14(12)11-16(22)18-8-10-20-9-7-15(17(20)23)19-13(2)21/h3-6,15H,7-11H2,1-2H3,(H,18,22)(H,19,21). The van der Waals surface area contributed by atoms with Crippen molar-refractivity contribution in [2.24, 2.45) is 0 Å². The van der Waals surface area contributed by atoms with Crippen LogP contribution in [0, 0.1) is 6.92 Å². The van der Waals surface area contributed by atoms with E-state index in [9.17, 15) is 14.4 Å². The Morgan fingerprint density at radius 2 is 2.04 bits per heavy atom. The average molecular weight is 317 g/mol. The minimum Gasteiger partial charge on any atom is -0.354 e. The lowest BCUT2D eigenvalue weighted by atomic mass is 10.1. The van der Waals surface area contributed by atoms with E-state index in [1.807, 2.05) is 31.2 Å². The highest BCUT2D eigenvalue weighted by atomic mass is 16.2. The lowest BCUT2D eigenvalue weighted by molar-refractivity contribution is -0.132. The van der Waals surface area contributed by atoms with Gasteiger partial charge in [0.1, 0.15) is 6.04 Å². The summed E-state index contributed by atoms with van der Waals surface area (Å²) in [5.41, 5.74) is 2.10. The third-order valence-corrected chi connectivity index (χ3v) is 3.99. The predicted octanol–water partition coefficient (Wildman–Crippen LogP) is 0.391. The summed E-state index contributed by atoms with van der Waals surface area (Å²) < 4.78 is 0. The summed E-state index contributed by atoms with van der Waals surface area (Å²) in [6.45, 7) is 4.88. The van der Waals surface area contributed by atoms with E-state index in [4.69, 9.17) is 0 Å². The highest BCUT2D eigenvalue weighted by Crippen LogP contribution is 2.10. The molecule has 1 aromatic rings. The van der Waals surface area contributed by atoms with Gasteiger partial charge in [-0.15, -0.1) is 0 Å². The second-order valence-electron chi connectivity index (χ2n) is 5.82. The summed E-state index contributed by atoms with van der Waals surface area (Å²) in [7, 11) is 0. The molecule has 1 aliphatic heterocycles. The molecule has 2 rings (SSSR count). The van der Waals surface area contributed by atoms with E-state index >= 15 is 0 Å². The minimum absolute atomic E-state index is 0.0515. The lowest BCUT2D eigenvalue weighted by Crippen LogP contribution is -2.42. The fourth-order valence-electron chi connectivity index (χ4n) is 2.71. The molecule has 124 valence electrons. The van der Waals surface area contributed by atoms with Crippen molar-refractivity contribution in [3.8, 4) is 0 Å². The van der Waals surface area contributed by atoms with E-state index in [1.54, 1.807) is 4.90 Å². The summed E-state index contributed by atoms with van der Waals surface area (Å²) in [6, 6.07) is 7.36. The summed E-state index contributed by atoms with van der Waals surface area (Å²) in [4.78, 5) is 36.7. The van der Waals surface area contributed by atoms with Gasteiger partial charge in [-0.05, 0) is 24.5 Å². The van der Waals surface area contributed by atoms with Crippen LogP contribution in [0.3, 0.4) is 0 Å².